The maximum Gasteiger partial charge on any atom is 0.0591 e. The zero-order valence-electron chi connectivity index (χ0n) is 10.6. The molecule has 0 saturated heterocycles. The Labute approximate surface area is 94.7 Å². The summed E-state index contributed by atoms with van der Waals surface area (Å²) < 4.78 is 0. The Balaban J connectivity index is 3.12. The van der Waals surface area contributed by atoms with Crippen LogP contribution in [-0.2, 0) is 0 Å². The molecule has 0 rings (SSSR count). The summed E-state index contributed by atoms with van der Waals surface area (Å²) in [7, 11) is 0. The third-order valence-corrected chi connectivity index (χ3v) is 2.80. The molecule has 0 aliphatic carbocycles. The number of hydrogen-bond donors (Lipinski definition) is 2. The first kappa shape index (κ1) is 14.9. The van der Waals surface area contributed by atoms with Gasteiger partial charge in [-0.2, -0.15) is 0 Å². The van der Waals surface area contributed by atoms with Crippen molar-refractivity contribution in [3.8, 4) is 0 Å². The summed E-state index contributed by atoms with van der Waals surface area (Å²) in [4.78, 5) is 0. The highest BCUT2D eigenvalue weighted by Crippen LogP contribution is 2.15. The molecule has 0 aliphatic rings. The topological polar surface area (TPSA) is 40.5 Å². The highest BCUT2D eigenvalue weighted by atomic mass is 16.3. The Morgan fingerprint density at radius 3 is 2.07 bits per heavy atom. The van der Waals surface area contributed by atoms with Crippen LogP contribution in [0.1, 0.15) is 72.1 Å². The van der Waals surface area contributed by atoms with Gasteiger partial charge in [0.05, 0.1) is 11.7 Å². The Hall–Kier alpha value is -0.0800. The van der Waals surface area contributed by atoms with E-state index in [9.17, 15) is 10.2 Å². The average Bonchev–Trinajstić information content (AvgIpc) is 2.14. The van der Waals surface area contributed by atoms with E-state index >= 15 is 0 Å². The fraction of sp³-hybridized carbons (Fsp3) is 1.00. The van der Waals surface area contributed by atoms with Crippen molar-refractivity contribution in [2.45, 2.75) is 83.8 Å². The largest absolute Gasteiger partial charge is 0.393 e. The van der Waals surface area contributed by atoms with Crippen LogP contribution in [0.4, 0.5) is 0 Å². The third-order valence-electron chi connectivity index (χ3n) is 2.80. The maximum absolute atomic E-state index is 9.49. The summed E-state index contributed by atoms with van der Waals surface area (Å²) in [5.41, 5.74) is -0.502. The molecule has 0 aromatic heterocycles. The van der Waals surface area contributed by atoms with Crippen LogP contribution in [0.5, 0.6) is 0 Å². The third kappa shape index (κ3) is 11.8. The second kappa shape index (κ2) is 8.12. The summed E-state index contributed by atoms with van der Waals surface area (Å²) in [6.45, 7) is 5.75. The van der Waals surface area contributed by atoms with Crippen molar-refractivity contribution in [2.24, 2.45) is 0 Å². The molecular formula is C13H28O2. The molecular weight excluding hydrogens is 188 g/mol. The molecule has 15 heavy (non-hydrogen) atoms. The highest BCUT2D eigenvalue weighted by Gasteiger charge is 2.10. The van der Waals surface area contributed by atoms with Gasteiger partial charge in [0.25, 0.3) is 0 Å². The first-order chi connectivity index (χ1) is 6.95. The summed E-state index contributed by atoms with van der Waals surface area (Å²) in [6.07, 6.45) is 8.51. The number of aliphatic hydroxyl groups is 2. The Morgan fingerprint density at radius 2 is 1.53 bits per heavy atom. The van der Waals surface area contributed by atoms with Crippen molar-refractivity contribution in [1.29, 1.82) is 0 Å². The fourth-order valence-corrected chi connectivity index (χ4v) is 1.67. The molecule has 0 fully saturated rings. The molecule has 1 unspecified atom stereocenters. The number of unbranched alkanes of at least 4 members (excludes halogenated alkanes) is 4. The van der Waals surface area contributed by atoms with Crippen molar-refractivity contribution >= 4 is 0 Å². The molecule has 0 amide bonds. The van der Waals surface area contributed by atoms with E-state index < -0.39 is 5.60 Å². The predicted molar refractivity (Wildman–Crippen MR) is 64.9 cm³/mol. The molecule has 0 saturated carbocycles. The standard InChI is InChI=1S/C13H28O2/c1-4-12(14)10-8-6-5-7-9-11-13(2,3)15/h12,14-15H,4-11H2,1-3H3. The quantitative estimate of drug-likeness (QED) is 0.581. The van der Waals surface area contributed by atoms with Crippen molar-refractivity contribution in [1.82, 2.24) is 0 Å². The predicted octanol–water partition coefficient (Wildman–Crippen LogP) is 3.26. The monoisotopic (exact) mass is 216 g/mol. The van der Waals surface area contributed by atoms with Gasteiger partial charge in [0.15, 0.2) is 0 Å². The van der Waals surface area contributed by atoms with Gasteiger partial charge in [0.2, 0.25) is 0 Å². The number of rotatable bonds is 9. The smallest absolute Gasteiger partial charge is 0.0591 e. The molecule has 2 N–H and O–H groups in total. The summed E-state index contributed by atoms with van der Waals surface area (Å²) >= 11 is 0. The minimum atomic E-state index is -0.502. The number of hydrogen-bond acceptors (Lipinski definition) is 2. The van der Waals surface area contributed by atoms with Gasteiger partial charge in [-0.05, 0) is 33.1 Å². The van der Waals surface area contributed by atoms with Gasteiger partial charge in [-0.3, -0.25) is 0 Å². The summed E-state index contributed by atoms with van der Waals surface area (Å²) in [5.74, 6) is 0. The van der Waals surface area contributed by atoms with E-state index in [0.29, 0.717) is 0 Å². The molecule has 1 atom stereocenters. The molecule has 0 aliphatic heterocycles. The highest BCUT2D eigenvalue weighted by molar-refractivity contribution is 4.64. The second-order valence-electron chi connectivity index (χ2n) is 5.18. The van der Waals surface area contributed by atoms with Crippen molar-refractivity contribution < 1.29 is 10.2 Å². The van der Waals surface area contributed by atoms with Gasteiger partial charge in [0.1, 0.15) is 0 Å². The van der Waals surface area contributed by atoms with Crippen molar-refractivity contribution in [3.05, 3.63) is 0 Å². The van der Waals surface area contributed by atoms with Gasteiger partial charge in [-0.1, -0.05) is 39.0 Å². The van der Waals surface area contributed by atoms with Crippen LogP contribution < -0.4 is 0 Å². The van der Waals surface area contributed by atoms with Gasteiger partial charge >= 0.3 is 0 Å². The molecule has 0 radical (unpaired) electrons. The van der Waals surface area contributed by atoms with E-state index in [-0.39, 0.29) is 6.10 Å². The van der Waals surface area contributed by atoms with Crippen LogP contribution in [0.15, 0.2) is 0 Å². The maximum atomic E-state index is 9.49. The summed E-state index contributed by atoms with van der Waals surface area (Å²) in [6, 6.07) is 0. The van der Waals surface area contributed by atoms with Gasteiger partial charge in [-0.25, -0.2) is 0 Å². The molecule has 0 bridgehead atoms. The molecule has 92 valence electrons. The van der Waals surface area contributed by atoms with Crippen LogP contribution in [0.25, 0.3) is 0 Å². The lowest BCUT2D eigenvalue weighted by molar-refractivity contribution is 0.0680. The van der Waals surface area contributed by atoms with Gasteiger partial charge < -0.3 is 10.2 Å². The van der Waals surface area contributed by atoms with Crippen molar-refractivity contribution in [2.75, 3.05) is 0 Å². The first-order valence-electron chi connectivity index (χ1n) is 6.36. The van der Waals surface area contributed by atoms with Crippen LogP contribution >= 0.6 is 0 Å². The van der Waals surface area contributed by atoms with Crippen molar-refractivity contribution in [3.63, 3.8) is 0 Å². The van der Waals surface area contributed by atoms with E-state index in [4.69, 9.17) is 0 Å². The molecule has 2 nitrogen and oxygen atoms in total. The minimum Gasteiger partial charge on any atom is -0.393 e. The first-order valence-corrected chi connectivity index (χ1v) is 6.36. The van der Waals surface area contributed by atoms with E-state index in [1.54, 1.807) is 0 Å². The van der Waals surface area contributed by atoms with E-state index in [2.05, 4.69) is 0 Å². The van der Waals surface area contributed by atoms with Gasteiger partial charge in [0, 0.05) is 0 Å². The Bertz CT molecular complexity index is 138. The molecule has 0 aromatic rings. The van der Waals surface area contributed by atoms with Crippen LogP contribution in [0.3, 0.4) is 0 Å². The molecule has 0 spiro atoms. The Morgan fingerprint density at radius 1 is 1.00 bits per heavy atom. The van der Waals surface area contributed by atoms with Gasteiger partial charge in [-0.15, -0.1) is 0 Å². The zero-order valence-corrected chi connectivity index (χ0v) is 10.6. The summed E-state index contributed by atoms with van der Waals surface area (Å²) in [5, 5.41) is 18.8. The normalized spacial score (nSPS) is 14.2. The Kier molecular flexibility index (Phi) is 8.07. The molecule has 0 aromatic carbocycles. The molecule has 2 heteroatoms. The SMILES string of the molecule is CCC(O)CCCCCCCC(C)(C)O. The average molecular weight is 216 g/mol. The lowest BCUT2D eigenvalue weighted by atomic mass is 9.99. The van der Waals surface area contributed by atoms with E-state index in [1.807, 2.05) is 20.8 Å². The van der Waals surface area contributed by atoms with Crippen LogP contribution in [-0.4, -0.2) is 21.9 Å². The zero-order chi connectivity index (χ0) is 11.7. The van der Waals surface area contributed by atoms with E-state index in [0.717, 1.165) is 32.1 Å². The molecule has 0 heterocycles. The van der Waals surface area contributed by atoms with Crippen LogP contribution in [0, 0.1) is 0 Å². The fourth-order valence-electron chi connectivity index (χ4n) is 1.67. The van der Waals surface area contributed by atoms with E-state index in [1.165, 1.54) is 19.3 Å². The minimum absolute atomic E-state index is 0.0959. The number of aliphatic hydroxyl groups excluding tert-OH is 1. The lowest BCUT2D eigenvalue weighted by Gasteiger charge is -2.16. The lowest BCUT2D eigenvalue weighted by Crippen LogP contribution is -2.17. The second-order valence-corrected chi connectivity index (χ2v) is 5.18. The van der Waals surface area contributed by atoms with Crippen LogP contribution in [0.2, 0.25) is 0 Å².